The fourth-order valence-electron chi connectivity index (χ4n) is 2.12. The molecule has 1 saturated carbocycles. The van der Waals surface area contributed by atoms with Crippen molar-refractivity contribution in [1.29, 1.82) is 0 Å². The van der Waals surface area contributed by atoms with Gasteiger partial charge in [-0.15, -0.1) is 0 Å². The highest BCUT2D eigenvalue weighted by molar-refractivity contribution is 5.13. The number of benzene rings is 1. The summed E-state index contributed by atoms with van der Waals surface area (Å²) in [5.74, 6) is 1.70. The van der Waals surface area contributed by atoms with Crippen molar-refractivity contribution < 1.29 is 4.84 Å². The second kappa shape index (κ2) is 5.46. The standard InChI is InChI=1S/C14H21NO/c1-11(2)13-8-14(9-13)15-16-10-12-6-4-3-5-7-12/h3-7,11,13-15H,8-10H2,1-2H3. The van der Waals surface area contributed by atoms with Gasteiger partial charge in [0.1, 0.15) is 0 Å². The zero-order valence-corrected chi connectivity index (χ0v) is 10.1. The minimum Gasteiger partial charge on any atom is -0.297 e. The van der Waals surface area contributed by atoms with E-state index in [1.807, 2.05) is 18.2 Å². The molecule has 1 N–H and O–H groups in total. The largest absolute Gasteiger partial charge is 0.297 e. The molecule has 1 aromatic rings. The lowest BCUT2D eigenvalue weighted by atomic mass is 9.74. The molecule has 0 aliphatic heterocycles. The van der Waals surface area contributed by atoms with E-state index < -0.39 is 0 Å². The summed E-state index contributed by atoms with van der Waals surface area (Å²) in [6.45, 7) is 5.25. The number of nitrogens with one attached hydrogen (secondary N) is 1. The molecule has 1 fully saturated rings. The Morgan fingerprint density at radius 3 is 2.56 bits per heavy atom. The van der Waals surface area contributed by atoms with Crippen LogP contribution in [-0.4, -0.2) is 6.04 Å². The van der Waals surface area contributed by atoms with Gasteiger partial charge >= 0.3 is 0 Å². The molecule has 1 aromatic carbocycles. The lowest BCUT2D eigenvalue weighted by Gasteiger charge is -2.38. The Balaban J connectivity index is 1.60. The van der Waals surface area contributed by atoms with E-state index in [2.05, 4.69) is 31.5 Å². The van der Waals surface area contributed by atoms with Gasteiger partial charge in [0, 0.05) is 6.04 Å². The molecule has 0 bridgehead atoms. The average molecular weight is 219 g/mol. The first-order valence-corrected chi connectivity index (χ1v) is 6.17. The molecule has 2 heteroatoms. The van der Waals surface area contributed by atoms with Crippen molar-refractivity contribution in [3.63, 3.8) is 0 Å². The smallest absolute Gasteiger partial charge is 0.0933 e. The van der Waals surface area contributed by atoms with Crippen LogP contribution in [0.3, 0.4) is 0 Å². The predicted molar refractivity (Wildman–Crippen MR) is 65.7 cm³/mol. The van der Waals surface area contributed by atoms with E-state index in [1.54, 1.807) is 0 Å². The summed E-state index contributed by atoms with van der Waals surface area (Å²) in [5.41, 5.74) is 4.37. The van der Waals surface area contributed by atoms with Crippen molar-refractivity contribution in [2.75, 3.05) is 0 Å². The molecule has 0 heterocycles. The third-order valence-electron chi connectivity index (χ3n) is 3.45. The molecule has 2 nitrogen and oxygen atoms in total. The quantitative estimate of drug-likeness (QED) is 0.768. The summed E-state index contributed by atoms with van der Waals surface area (Å²) in [6.07, 6.45) is 2.51. The van der Waals surface area contributed by atoms with Crippen molar-refractivity contribution in [3.8, 4) is 0 Å². The number of hydroxylamine groups is 1. The van der Waals surface area contributed by atoms with E-state index >= 15 is 0 Å². The van der Waals surface area contributed by atoms with Crippen LogP contribution in [0.4, 0.5) is 0 Å². The Bertz CT molecular complexity index is 304. The van der Waals surface area contributed by atoms with Gasteiger partial charge in [0.15, 0.2) is 0 Å². The van der Waals surface area contributed by atoms with Crippen LogP contribution < -0.4 is 5.48 Å². The molecule has 0 saturated heterocycles. The van der Waals surface area contributed by atoms with E-state index in [0.29, 0.717) is 12.6 Å². The summed E-state index contributed by atoms with van der Waals surface area (Å²) in [4.78, 5) is 5.50. The molecule has 1 aliphatic carbocycles. The van der Waals surface area contributed by atoms with Gasteiger partial charge < -0.3 is 0 Å². The maximum atomic E-state index is 5.50. The number of hydrogen-bond donors (Lipinski definition) is 1. The molecular weight excluding hydrogens is 198 g/mol. The summed E-state index contributed by atoms with van der Waals surface area (Å²) >= 11 is 0. The van der Waals surface area contributed by atoms with Crippen molar-refractivity contribution in [2.45, 2.75) is 39.3 Å². The Hall–Kier alpha value is -0.860. The molecule has 0 spiro atoms. The third-order valence-corrected chi connectivity index (χ3v) is 3.45. The SMILES string of the molecule is CC(C)C1CC(NOCc2ccccc2)C1. The summed E-state index contributed by atoms with van der Waals surface area (Å²) in [7, 11) is 0. The molecule has 0 radical (unpaired) electrons. The normalized spacial score (nSPS) is 24.4. The Labute approximate surface area is 98.0 Å². The monoisotopic (exact) mass is 219 g/mol. The van der Waals surface area contributed by atoms with Crippen LogP contribution in [0.15, 0.2) is 30.3 Å². The summed E-state index contributed by atoms with van der Waals surface area (Å²) < 4.78 is 0. The number of hydrogen-bond acceptors (Lipinski definition) is 2. The van der Waals surface area contributed by atoms with Crippen molar-refractivity contribution >= 4 is 0 Å². The van der Waals surface area contributed by atoms with Gasteiger partial charge in [0.05, 0.1) is 6.61 Å². The minimum atomic E-state index is 0.566. The first-order chi connectivity index (χ1) is 7.75. The Morgan fingerprint density at radius 1 is 1.25 bits per heavy atom. The van der Waals surface area contributed by atoms with Crippen LogP contribution in [0.5, 0.6) is 0 Å². The van der Waals surface area contributed by atoms with Crippen LogP contribution in [0, 0.1) is 11.8 Å². The maximum absolute atomic E-state index is 5.50. The predicted octanol–water partition coefficient (Wildman–Crippen LogP) is 3.14. The molecule has 0 atom stereocenters. The zero-order valence-electron chi connectivity index (χ0n) is 10.1. The highest BCUT2D eigenvalue weighted by Gasteiger charge is 2.30. The van der Waals surface area contributed by atoms with Crippen molar-refractivity contribution in [2.24, 2.45) is 11.8 Å². The first kappa shape index (κ1) is 11.6. The van der Waals surface area contributed by atoms with Gasteiger partial charge in [-0.2, -0.15) is 5.48 Å². The molecule has 88 valence electrons. The third kappa shape index (κ3) is 3.06. The lowest BCUT2D eigenvalue weighted by molar-refractivity contribution is -0.0351. The highest BCUT2D eigenvalue weighted by atomic mass is 16.6. The molecule has 0 amide bonds. The van der Waals surface area contributed by atoms with Crippen molar-refractivity contribution in [1.82, 2.24) is 5.48 Å². The highest BCUT2D eigenvalue weighted by Crippen LogP contribution is 2.33. The summed E-state index contributed by atoms with van der Waals surface area (Å²) in [5, 5.41) is 0. The summed E-state index contributed by atoms with van der Waals surface area (Å²) in [6, 6.07) is 10.8. The minimum absolute atomic E-state index is 0.566. The number of rotatable bonds is 5. The van der Waals surface area contributed by atoms with E-state index in [4.69, 9.17) is 4.84 Å². The van der Waals surface area contributed by atoms with Crippen molar-refractivity contribution in [3.05, 3.63) is 35.9 Å². The molecule has 16 heavy (non-hydrogen) atoms. The van der Waals surface area contributed by atoms with Crippen LogP contribution in [-0.2, 0) is 11.4 Å². The Morgan fingerprint density at radius 2 is 1.94 bits per heavy atom. The molecule has 2 rings (SSSR count). The van der Waals surface area contributed by atoms with E-state index in [1.165, 1.54) is 18.4 Å². The van der Waals surface area contributed by atoms with Crippen LogP contribution in [0.2, 0.25) is 0 Å². The van der Waals surface area contributed by atoms with Gasteiger partial charge in [0.25, 0.3) is 0 Å². The fraction of sp³-hybridized carbons (Fsp3) is 0.571. The van der Waals surface area contributed by atoms with E-state index in [0.717, 1.165) is 11.8 Å². The topological polar surface area (TPSA) is 21.3 Å². The maximum Gasteiger partial charge on any atom is 0.0933 e. The molecule has 1 aliphatic rings. The lowest BCUT2D eigenvalue weighted by Crippen LogP contribution is -2.42. The second-order valence-electron chi connectivity index (χ2n) is 5.06. The Kier molecular flexibility index (Phi) is 3.97. The van der Waals surface area contributed by atoms with Crippen LogP contribution in [0.25, 0.3) is 0 Å². The van der Waals surface area contributed by atoms with Gasteiger partial charge in [-0.05, 0) is 30.2 Å². The fourth-order valence-corrected chi connectivity index (χ4v) is 2.12. The van der Waals surface area contributed by atoms with Crippen LogP contribution in [0.1, 0.15) is 32.3 Å². The van der Waals surface area contributed by atoms with E-state index in [9.17, 15) is 0 Å². The van der Waals surface area contributed by atoms with Gasteiger partial charge in [0.2, 0.25) is 0 Å². The van der Waals surface area contributed by atoms with E-state index in [-0.39, 0.29) is 0 Å². The second-order valence-corrected chi connectivity index (χ2v) is 5.06. The van der Waals surface area contributed by atoms with Gasteiger partial charge in [-0.1, -0.05) is 44.2 Å². The van der Waals surface area contributed by atoms with Gasteiger partial charge in [-0.3, -0.25) is 4.84 Å². The van der Waals surface area contributed by atoms with Crippen LogP contribution >= 0.6 is 0 Å². The zero-order chi connectivity index (χ0) is 11.4. The average Bonchev–Trinajstić information content (AvgIpc) is 2.22. The molecule has 0 aromatic heterocycles. The molecule has 0 unspecified atom stereocenters. The van der Waals surface area contributed by atoms with Gasteiger partial charge in [-0.25, -0.2) is 0 Å². The molecular formula is C14H21NO. The first-order valence-electron chi connectivity index (χ1n) is 6.17.